The lowest BCUT2D eigenvalue weighted by molar-refractivity contribution is -0.104. The smallest absolute Gasteiger partial charge is 0.0685 e. The minimum Gasteiger partial charge on any atom is -0.375 e. The molecule has 2 nitrogen and oxygen atoms in total. The third-order valence-corrected chi connectivity index (χ3v) is 5.98. The van der Waals surface area contributed by atoms with Crippen LogP contribution in [0, 0.1) is 5.92 Å². The maximum atomic E-state index is 6.88. The molecular formula is C18H25NO. The quantitative estimate of drug-likeness (QED) is 0.851. The van der Waals surface area contributed by atoms with E-state index in [1.165, 1.54) is 43.2 Å². The molecule has 2 aliphatic carbocycles. The second-order valence-electron chi connectivity index (χ2n) is 7.28. The molecule has 1 aromatic rings. The van der Waals surface area contributed by atoms with Gasteiger partial charge in [0.25, 0.3) is 0 Å². The maximum absolute atomic E-state index is 6.88. The minimum atomic E-state index is -0.0247. The maximum Gasteiger partial charge on any atom is 0.0685 e. The first-order valence-electron chi connectivity index (χ1n) is 8.19. The van der Waals surface area contributed by atoms with Gasteiger partial charge < -0.3 is 10.5 Å². The van der Waals surface area contributed by atoms with E-state index in [0.717, 1.165) is 25.9 Å². The van der Waals surface area contributed by atoms with Crippen LogP contribution >= 0.6 is 0 Å². The fraction of sp³-hybridized carbons (Fsp3) is 0.667. The van der Waals surface area contributed by atoms with Crippen molar-refractivity contribution < 1.29 is 4.74 Å². The monoisotopic (exact) mass is 271 g/mol. The van der Waals surface area contributed by atoms with Gasteiger partial charge in [0.1, 0.15) is 0 Å². The van der Waals surface area contributed by atoms with Gasteiger partial charge in [-0.05, 0) is 55.6 Å². The molecule has 20 heavy (non-hydrogen) atoms. The Morgan fingerprint density at radius 2 is 1.70 bits per heavy atom. The molecule has 1 unspecified atom stereocenters. The molecule has 1 saturated heterocycles. The topological polar surface area (TPSA) is 35.2 Å². The number of hydrogen-bond acceptors (Lipinski definition) is 2. The van der Waals surface area contributed by atoms with Crippen molar-refractivity contribution in [1.82, 2.24) is 0 Å². The van der Waals surface area contributed by atoms with Gasteiger partial charge >= 0.3 is 0 Å². The lowest BCUT2D eigenvalue weighted by Gasteiger charge is -2.44. The first kappa shape index (κ1) is 12.8. The highest BCUT2D eigenvalue weighted by molar-refractivity contribution is 5.36. The van der Waals surface area contributed by atoms with Crippen LogP contribution in [0.2, 0.25) is 0 Å². The summed E-state index contributed by atoms with van der Waals surface area (Å²) in [6.07, 6.45) is 9.64. The van der Waals surface area contributed by atoms with Crippen LogP contribution in [0.4, 0.5) is 0 Å². The Morgan fingerprint density at radius 3 is 2.35 bits per heavy atom. The van der Waals surface area contributed by atoms with Gasteiger partial charge in [-0.2, -0.15) is 0 Å². The molecule has 1 atom stereocenters. The molecule has 0 aromatic heterocycles. The first-order valence-corrected chi connectivity index (χ1v) is 8.19. The van der Waals surface area contributed by atoms with E-state index in [4.69, 9.17) is 10.5 Å². The molecule has 1 saturated carbocycles. The molecule has 2 heteroatoms. The van der Waals surface area contributed by atoms with Crippen molar-refractivity contribution >= 4 is 0 Å². The van der Waals surface area contributed by atoms with Crippen LogP contribution in [0.5, 0.6) is 0 Å². The van der Waals surface area contributed by atoms with Gasteiger partial charge in [-0.15, -0.1) is 0 Å². The molecule has 1 spiro atoms. The highest BCUT2D eigenvalue weighted by Crippen LogP contribution is 2.47. The fourth-order valence-electron chi connectivity index (χ4n) is 4.85. The largest absolute Gasteiger partial charge is 0.375 e. The van der Waals surface area contributed by atoms with E-state index in [0.29, 0.717) is 5.92 Å². The molecule has 0 amide bonds. The zero-order valence-electron chi connectivity index (χ0n) is 12.2. The Balaban J connectivity index is 1.56. The molecule has 0 bridgehead atoms. The average Bonchev–Trinajstić information content (AvgIpc) is 3.03. The summed E-state index contributed by atoms with van der Waals surface area (Å²) in [5, 5.41) is 0. The molecule has 4 rings (SSSR count). The van der Waals surface area contributed by atoms with Crippen LogP contribution in [0.25, 0.3) is 0 Å². The van der Waals surface area contributed by atoms with Crippen LogP contribution in [0.1, 0.15) is 49.7 Å². The van der Waals surface area contributed by atoms with Crippen LogP contribution in [0.3, 0.4) is 0 Å². The Hall–Kier alpha value is -0.860. The molecular weight excluding hydrogens is 246 g/mol. The highest BCUT2D eigenvalue weighted by atomic mass is 16.5. The zero-order chi connectivity index (χ0) is 13.6. The fourth-order valence-corrected chi connectivity index (χ4v) is 4.85. The van der Waals surface area contributed by atoms with Crippen molar-refractivity contribution in [2.24, 2.45) is 11.7 Å². The van der Waals surface area contributed by atoms with Crippen molar-refractivity contribution in [3.8, 4) is 0 Å². The number of benzene rings is 1. The Kier molecular flexibility index (Phi) is 2.94. The van der Waals surface area contributed by atoms with E-state index in [2.05, 4.69) is 24.3 Å². The zero-order valence-corrected chi connectivity index (χ0v) is 12.2. The van der Waals surface area contributed by atoms with Gasteiger partial charge in [-0.3, -0.25) is 0 Å². The van der Waals surface area contributed by atoms with Gasteiger partial charge in [-0.1, -0.05) is 37.1 Å². The summed E-state index contributed by atoms with van der Waals surface area (Å²) in [7, 11) is 0. The summed E-state index contributed by atoms with van der Waals surface area (Å²) in [6.45, 7) is 0.917. The Morgan fingerprint density at radius 1 is 1.05 bits per heavy atom. The van der Waals surface area contributed by atoms with E-state index in [-0.39, 0.29) is 11.1 Å². The van der Waals surface area contributed by atoms with Crippen LogP contribution < -0.4 is 5.73 Å². The molecule has 1 heterocycles. The summed E-state index contributed by atoms with van der Waals surface area (Å²) in [5.41, 5.74) is 9.99. The van der Waals surface area contributed by atoms with Crippen molar-refractivity contribution in [2.75, 3.05) is 6.61 Å². The van der Waals surface area contributed by atoms with Gasteiger partial charge in [0.2, 0.25) is 0 Å². The highest BCUT2D eigenvalue weighted by Gasteiger charge is 2.48. The molecule has 1 aliphatic heterocycles. The number of fused-ring (bicyclic) bond motifs is 1. The number of nitrogens with two attached hydrogens (primary N) is 1. The third kappa shape index (κ3) is 2.01. The number of hydrogen-bond donors (Lipinski definition) is 1. The molecule has 108 valence electrons. The number of ether oxygens (including phenoxy) is 1. The second kappa shape index (κ2) is 4.57. The van der Waals surface area contributed by atoms with Crippen molar-refractivity contribution in [1.29, 1.82) is 0 Å². The number of rotatable bonds is 1. The van der Waals surface area contributed by atoms with E-state index >= 15 is 0 Å². The summed E-state index contributed by atoms with van der Waals surface area (Å²) in [4.78, 5) is 0. The summed E-state index contributed by atoms with van der Waals surface area (Å²) in [6, 6.07) is 8.81. The van der Waals surface area contributed by atoms with E-state index in [1.54, 1.807) is 0 Å². The summed E-state index contributed by atoms with van der Waals surface area (Å²) >= 11 is 0. The Labute approximate surface area is 121 Å². The van der Waals surface area contributed by atoms with E-state index < -0.39 is 0 Å². The normalized spacial score (nSPS) is 30.6. The van der Waals surface area contributed by atoms with Crippen LogP contribution in [0.15, 0.2) is 24.3 Å². The molecule has 0 radical (unpaired) electrons. The first-order chi connectivity index (χ1) is 9.69. The molecule has 2 fully saturated rings. The van der Waals surface area contributed by atoms with Gasteiger partial charge in [0.15, 0.2) is 0 Å². The van der Waals surface area contributed by atoms with Crippen molar-refractivity contribution in [3.05, 3.63) is 35.4 Å². The lowest BCUT2D eigenvalue weighted by Crippen LogP contribution is -2.53. The predicted octanol–water partition coefficient (Wildman–Crippen LogP) is 3.22. The van der Waals surface area contributed by atoms with E-state index in [1.807, 2.05) is 0 Å². The minimum absolute atomic E-state index is 0.0247. The van der Waals surface area contributed by atoms with Crippen LogP contribution in [-0.2, 0) is 17.6 Å². The van der Waals surface area contributed by atoms with Crippen molar-refractivity contribution in [3.63, 3.8) is 0 Å². The van der Waals surface area contributed by atoms with Crippen LogP contribution in [-0.4, -0.2) is 17.7 Å². The lowest BCUT2D eigenvalue weighted by atomic mass is 9.72. The van der Waals surface area contributed by atoms with Gasteiger partial charge in [-0.25, -0.2) is 0 Å². The Bertz CT molecular complexity index is 479. The SMILES string of the molecule is NC1(C2CCOC3(CCCC3)C2)Cc2ccccc2C1. The average molecular weight is 271 g/mol. The van der Waals surface area contributed by atoms with Gasteiger partial charge in [0, 0.05) is 12.1 Å². The third-order valence-electron chi connectivity index (χ3n) is 5.98. The second-order valence-corrected chi connectivity index (χ2v) is 7.28. The molecule has 2 N–H and O–H groups in total. The molecule has 1 aromatic carbocycles. The summed E-state index contributed by atoms with van der Waals surface area (Å²) in [5.74, 6) is 0.627. The molecule has 3 aliphatic rings. The van der Waals surface area contributed by atoms with Gasteiger partial charge in [0.05, 0.1) is 5.60 Å². The standard InChI is InChI=1S/C18H25NO/c19-18(11-14-5-1-2-6-15(14)12-18)16-7-10-20-17(13-16)8-3-4-9-17/h1-2,5-6,16H,3-4,7-13,19H2. The van der Waals surface area contributed by atoms with E-state index in [9.17, 15) is 0 Å². The predicted molar refractivity (Wildman–Crippen MR) is 80.6 cm³/mol. The van der Waals surface area contributed by atoms with Crippen molar-refractivity contribution in [2.45, 2.75) is 62.5 Å². The summed E-state index contributed by atoms with van der Waals surface area (Å²) < 4.78 is 6.18.